The largest absolute Gasteiger partial charge is 0.462 e. The molecule has 6 nitrogen and oxygen atoms in total. The van der Waals surface area contributed by atoms with Crippen LogP contribution in [0.3, 0.4) is 0 Å². The Balaban J connectivity index is 1.70. The molecule has 0 aliphatic rings. The zero-order valence-electron chi connectivity index (χ0n) is 12.5. The lowest BCUT2D eigenvalue weighted by Gasteiger charge is -2.07. The van der Waals surface area contributed by atoms with E-state index in [9.17, 15) is 9.59 Å². The Morgan fingerprint density at radius 3 is 2.58 bits per heavy atom. The van der Waals surface area contributed by atoms with Crippen molar-refractivity contribution in [1.82, 2.24) is 15.8 Å². The summed E-state index contributed by atoms with van der Waals surface area (Å²) in [4.78, 5) is 29.2. The maximum atomic E-state index is 12.2. The molecule has 0 aliphatic heterocycles. The zero-order valence-corrected chi connectivity index (χ0v) is 14.1. The van der Waals surface area contributed by atoms with Crippen LogP contribution in [0.25, 0.3) is 10.8 Å². The van der Waals surface area contributed by atoms with Crippen molar-refractivity contribution in [3.63, 3.8) is 0 Å². The van der Waals surface area contributed by atoms with E-state index in [4.69, 9.17) is 16.0 Å². The maximum absolute atomic E-state index is 12.2. The van der Waals surface area contributed by atoms with Gasteiger partial charge in [-0.15, -0.1) is 11.3 Å². The molecule has 0 atom stereocenters. The van der Waals surface area contributed by atoms with Gasteiger partial charge in [-0.05, 0) is 31.2 Å². The summed E-state index contributed by atoms with van der Waals surface area (Å²) in [5, 5.41) is 0.897. The summed E-state index contributed by atoms with van der Waals surface area (Å²) in [5.41, 5.74) is 5.16. The molecular weight excluding hydrogens is 350 g/mol. The van der Waals surface area contributed by atoms with Gasteiger partial charge >= 0.3 is 0 Å². The lowest BCUT2D eigenvalue weighted by molar-refractivity contribution is 0.0844. The number of rotatable bonds is 3. The number of nitrogens with zero attached hydrogens (tertiary/aromatic N) is 1. The van der Waals surface area contributed by atoms with Crippen molar-refractivity contribution < 1.29 is 14.0 Å². The molecule has 0 saturated carbocycles. The van der Waals surface area contributed by atoms with Crippen LogP contribution < -0.4 is 10.9 Å². The van der Waals surface area contributed by atoms with Gasteiger partial charge in [0.1, 0.15) is 5.69 Å². The summed E-state index contributed by atoms with van der Waals surface area (Å²) in [6.45, 7) is 1.77. The number of carbonyl (C=O) groups excluding carboxylic acids is 2. The number of nitrogens with one attached hydrogen (secondary N) is 2. The summed E-state index contributed by atoms with van der Waals surface area (Å²) in [5.74, 6) is -0.433. The molecule has 24 heavy (non-hydrogen) atoms. The fourth-order valence-electron chi connectivity index (χ4n) is 2.00. The summed E-state index contributed by atoms with van der Waals surface area (Å²) >= 11 is 7.28. The van der Waals surface area contributed by atoms with Gasteiger partial charge in [0.25, 0.3) is 11.8 Å². The van der Waals surface area contributed by atoms with Gasteiger partial charge in [-0.25, -0.2) is 4.98 Å². The Morgan fingerprint density at radius 1 is 1.12 bits per heavy atom. The van der Waals surface area contributed by atoms with Gasteiger partial charge in [-0.3, -0.25) is 20.4 Å². The Kier molecular flexibility index (Phi) is 4.64. The van der Waals surface area contributed by atoms with Crippen LogP contribution in [-0.2, 0) is 0 Å². The molecule has 8 heteroatoms. The fraction of sp³-hybridized carbons (Fsp3) is 0.0625. The van der Waals surface area contributed by atoms with Crippen LogP contribution in [0.2, 0.25) is 5.02 Å². The molecule has 0 radical (unpaired) electrons. The Morgan fingerprint density at radius 2 is 1.88 bits per heavy atom. The smallest absolute Gasteiger partial charge is 0.289 e. The minimum absolute atomic E-state index is 0.228. The van der Waals surface area contributed by atoms with Crippen molar-refractivity contribution in [1.29, 1.82) is 0 Å². The number of furan rings is 1. The minimum atomic E-state index is -0.512. The molecular formula is C16H12ClN3O3S. The van der Waals surface area contributed by atoms with Crippen LogP contribution in [0.5, 0.6) is 0 Å². The number of carbonyl (C=O) groups is 2. The number of hydrogen-bond acceptors (Lipinski definition) is 5. The fourth-order valence-corrected chi connectivity index (χ4v) is 3.10. The topological polar surface area (TPSA) is 84.2 Å². The van der Waals surface area contributed by atoms with Crippen LogP contribution in [0.1, 0.15) is 25.7 Å². The van der Waals surface area contributed by atoms with Gasteiger partial charge in [0.15, 0.2) is 10.8 Å². The molecule has 3 aromatic rings. The second-order valence-corrected chi connectivity index (χ2v) is 6.40. The number of benzene rings is 1. The predicted molar refractivity (Wildman–Crippen MR) is 90.9 cm³/mol. The number of hydrazine groups is 1. The van der Waals surface area contributed by atoms with Crippen LogP contribution in [0.15, 0.2) is 47.1 Å². The standard InChI is InChI=1S/C16H12ClN3O3S/c1-9-13(18-16(24-9)12-7-4-8-23-12)15(22)20-19-14(21)10-5-2-3-6-11(10)17/h2-8H,1H3,(H,19,21)(H,20,22). The van der Waals surface area contributed by atoms with Crippen LogP contribution in [0, 0.1) is 6.92 Å². The highest BCUT2D eigenvalue weighted by Gasteiger charge is 2.18. The molecule has 0 unspecified atom stereocenters. The minimum Gasteiger partial charge on any atom is -0.462 e. The van der Waals surface area contributed by atoms with Crippen LogP contribution in [0.4, 0.5) is 0 Å². The lowest BCUT2D eigenvalue weighted by Crippen LogP contribution is -2.42. The van der Waals surface area contributed by atoms with E-state index in [0.29, 0.717) is 20.7 Å². The summed E-state index contributed by atoms with van der Waals surface area (Å²) in [6.07, 6.45) is 1.54. The molecule has 2 heterocycles. The molecule has 0 aliphatic carbocycles. The maximum Gasteiger partial charge on any atom is 0.289 e. The van der Waals surface area contributed by atoms with Crippen molar-refractivity contribution in [2.24, 2.45) is 0 Å². The molecule has 0 bridgehead atoms. The molecule has 122 valence electrons. The lowest BCUT2D eigenvalue weighted by atomic mass is 10.2. The SMILES string of the molecule is Cc1sc(-c2ccco2)nc1C(=O)NNC(=O)c1ccccc1Cl. The van der Waals surface area contributed by atoms with Crippen LogP contribution >= 0.6 is 22.9 Å². The Bertz CT molecular complexity index is 890. The molecule has 0 fully saturated rings. The molecule has 0 saturated heterocycles. The van der Waals surface area contributed by atoms with E-state index in [0.717, 1.165) is 0 Å². The second kappa shape index (κ2) is 6.86. The van der Waals surface area contributed by atoms with Gasteiger partial charge in [-0.1, -0.05) is 23.7 Å². The number of thiazole rings is 1. The van der Waals surface area contributed by atoms with E-state index in [2.05, 4.69) is 15.8 Å². The number of aryl methyl sites for hydroxylation is 1. The van der Waals surface area contributed by atoms with E-state index in [1.54, 1.807) is 43.3 Å². The highest BCUT2D eigenvalue weighted by atomic mass is 35.5. The summed E-state index contributed by atoms with van der Waals surface area (Å²) < 4.78 is 5.27. The highest BCUT2D eigenvalue weighted by molar-refractivity contribution is 7.15. The Labute approximate surface area is 146 Å². The summed E-state index contributed by atoms with van der Waals surface area (Å²) in [6, 6.07) is 10.1. The number of hydrogen-bond donors (Lipinski definition) is 2. The first-order valence-electron chi connectivity index (χ1n) is 6.93. The van der Waals surface area contributed by atoms with Gasteiger partial charge in [-0.2, -0.15) is 0 Å². The second-order valence-electron chi connectivity index (χ2n) is 4.79. The normalized spacial score (nSPS) is 10.4. The molecule has 3 rings (SSSR count). The van der Waals surface area contributed by atoms with Crippen molar-refractivity contribution in [3.8, 4) is 10.8 Å². The van der Waals surface area contributed by atoms with E-state index >= 15 is 0 Å². The molecule has 1 aromatic carbocycles. The quantitative estimate of drug-likeness (QED) is 0.700. The monoisotopic (exact) mass is 361 g/mol. The predicted octanol–water partition coefficient (Wildman–Crippen LogP) is 3.44. The first-order chi connectivity index (χ1) is 11.6. The van der Waals surface area contributed by atoms with E-state index < -0.39 is 11.8 Å². The third-order valence-electron chi connectivity index (χ3n) is 3.15. The van der Waals surface area contributed by atoms with Gasteiger partial charge in [0.2, 0.25) is 0 Å². The van der Waals surface area contributed by atoms with Crippen molar-refractivity contribution in [2.75, 3.05) is 0 Å². The average Bonchev–Trinajstić information content (AvgIpc) is 3.22. The third kappa shape index (κ3) is 3.32. The van der Waals surface area contributed by atoms with E-state index in [1.165, 1.54) is 17.6 Å². The summed E-state index contributed by atoms with van der Waals surface area (Å²) in [7, 11) is 0. The molecule has 2 N–H and O–H groups in total. The Hall–Kier alpha value is -2.64. The van der Waals surface area contributed by atoms with E-state index in [-0.39, 0.29) is 11.3 Å². The molecule has 0 spiro atoms. The molecule has 2 amide bonds. The highest BCUT2D eigenvalue weighted by Crippen LogP contribution is 2.27. The van der Waals surface area contributed by atoms with Crippen molar-refractivity contribution in [3.05, 3.63) is 63.8 Å². The van der Waals surface area contributed by atoms with Gasteiger partial charge in [0, 0.05) is 4.88 Å². The van der Waals surface area contributed by atoms with Gasteiger partial charge < -0.3 is 4.42 Å². The average molecular weight is 362 g/mol. The number of aromatic nitrogens is 1. The van der Waals surface area contributed by atoms with E-state index in [1.807, 2.05) is 0 Å². The number of amides is 2. The first-order valence-corrected chi connectivity index (χ1v) is 8.12. The van der Waals surface area contributed by atoms with Crippen molar-refractivity contribution in [2.45, 2.75) is 6.92 Å². The number of halogens is 1. The molecule has 2 aromatic heterocycles. The van der Waals surface area contributed by atoms with Crippen molar-refractivity contribution >= 4 is 34.8 Å². The van der Waals surface area contributed by atoms with Gasteiger partial charge in [0.05, 0.1) is 16.8 Å². The third-order valence-corrected chi connectivity index (χ3v) is 4.47. The zero-order chi connectivity index (χ0) is 17.1. The first kappa shape index (κ1) is 16.2. The van der Waals surface area contributed by atoms with Crippen LogP contribution in [-0.4, -0.2) is 16.8 Å².